The lowest BCUT2D eigenvalue weighted by Gasteiger charge is -2.39. The van der Waals surface area contributed by atoms with E-state index in [2.05, 4.69) is 147 Å². The Morgan fingerprint density at radius 1 is 0.524 bits per heavy atom. The van der Waals surface area contributed by atoms with Crippen molar-refractivity contribution in [1.29, 1.82) is 0 Å². The highest BCUT2D eigenvalue weighted by molar-refractivity contribution is 8.51. The van der Waals surface area contributed by atoms with E-state index in [0.29, 0.717) is 0 Å². The highest BCUT2D eigenvalue weighted by Crippen LogP contribution is 2.91. The molecular formula is C57H38O4S2. The normalized spacial score (nSPS) is 20.3. The minimum atomic E-state index is -1.51. The SMILES string of the molecule is C=Cc1c(C)oc2cc(-c3cc4c(c5oc6ccccc6c35)-c3ccc5c6c3S4(CC)CS6(C)c3cc(-c4ccc6c(c4)oc4ccccc46)c4oc6ccccc6c4c3-5)ccc12. The molecule has 0 radical (unpaired) electrons. The van der Waals surface area contributed by atoms with Gasteiger partial charge < -0.3 is 17.7 Å². The van der Waals surface area contributed by atoms with Gasteiger partial charge in [0, 0.05) is 90.2 Å². The molecule has 6 heteroatoms. The van der Waals surface area contributed by atoms with Crippen molar-refractivity contribution in [2.45, 2.75) is 33.4 Å². The van der Waals surface area contributed by atoms with E-state index < -0.39 is 20.1 Å². The fraction of sp³-hybridized carbons (Fsp3) is 0.0877. The van der Waals surface area contributed by atoms with E-state index in [-0.39, 0.29) is 0 Å². The quantitative estimate of drug-likeness (QED) is 0.177. The van der Waals surface area contributed by atoms with Gasteiger partial charge in [-0.3, -0.25) is 0 Å². The Morgan fingerprint density at radius 3 is 1.84 bits per heavy atom. The molecule has 0 N–H and O–H groups in total. The zero-order valence-electron chi connectivity index (χ0n) is 34.8. The van der Waals surface area contributed by atoms with Crippen LogP contribution in [0, 0.1) is 6.92 Å². The van der Waals surface area contributed by atoms with Gasteiger partial charge in [-0.05, 0) is 95.8 Å². The molecule has 302 valence electrons. The second-order valence-corrected chi connectivity index (χ2v) is 24.9. The molecule has 63 heavy (non-hydrogen) atoms. The van der Waals surface area contributed by atoms with Gasteiger partial charge in [0.15, 0.2) is 0 Å². The van der Waals surface area contributed by atoms with Crippen molar-refractivity contribution < 1.29 is 17.7 Å². The number of hydrogen-bond acceptors (Lipinski definition) is 4. The summed E-state index contributed by atoms with van der Waals surface area (Å²) in [6.07, 6.45) is 4.52. The second-order valence-electron chi connectivity index (χ2n) is 17.7. The molecule has 3 aliphatic rings. The number of furan rings is 4. The van der Waals surface area contributed by atoms with Crippen LogP contribution in [0.5, 0.6) is 0 Å². The van der Waals surface area contributed by atoms with Crippen LogP contribution in [0.2, 0.25) is 0 Å². The maximum atomic E-state index is 7.08. The Labute approximate surface area is 365 Å². The number of aryl methyl sites for hydroxylation is 1. The predicted octanol–water partition coefficient (Wildman–Crippen LogP) is 17.4. The van der Waals surface area contributed by atoms with Gasteiger partial charge in [-0.2, -0.15) is 20.1 Å². The molecule has 8 aromatic carbocycles. The van der Waals surface area contributed by atoms with Crippen LogP contribution in [-0.2, 0) is 0 Å². The van der Waals surface area contributed by atoms with E-state index in [0.717, 1.165) is 99.5 Å². The molecule has 0 aliphatic carbocycles. The molecule has 0 spiro atoms. The fourth-order valence-corrected chi connectivity index (χ4v) is 24.1. The third kappa shape index (κ3) is 4.05. The van der Waals surface area contributed by atoms with E-state index in [1.807, 2.05) is 19.1 Å². The van der Waals surface area contributed by atoms with Gasteiger partial charge in [-0.25, -0.2) is 0 Å². The smallest absolute Gasteiger partial charge is 0.144 e. The van der Waals surface area contributed by atoms with Crippen LogP contribution in [0.25, 0.3) is 127 Å². The summed E-state index contributed by atoms with van der Waals surface area (Å²) in [5.41, 5.74) is 17.5. The van der Waals surface area contributed by atoms with Gasteiger partial charge in [0.2, 0.25) is 0 Å². The monoisotopic (exact) mass is 850 g/mol. The average molecular weight is 851 g/mol. The summed E-state index contributed by atoms with van der Waals surface area (Å²) in [4.78, 5) is 6.11. The summed E-state index contributed by atoms with van der Waals surface area (Å²) in [5.74, 6) is 1.96. The second kappa shape index (κ2) is 11.6. The van der Waals surface area contributed by atoms with Crippen LogP contribution in [0.15, 0.2) is 177 Å². The summed E-state index contributed by atoms with van der Waals surface area (Å²) in [6, 6.07) is 48.8. The number of fused-ring (bicyclic) bond motifs is 18. The van der Waals surface area contributed by atoms with Crippen molar-refractivity contribution in [3.8, 4) is 44.5 Å². The average Bonchev–Trinajstić information content (AvgIpc) is 4.17. The number of para-hydroxylation sites is 3. The van der Waals surface area contributed by atoms with Crippen LogP contribution >= 0.6 is 20.1 Å². The van der Waals surface area contributed by atoms with Crippen molar-refractivity contribution in [2.75, 3.05) is 17.1 Å². The van der Waals surface area contributed by atoms with Crippen molar-refractivity contribution in [1.82, 2.24) is 0 Å². The van der Waals surface area contributed by atoms with Crippen molar-refractivity contribution in [2.24, 2.45) is 0 Å². The standard InChI is InChI=1S/C57H38O4S2/c1-5-33-30(3)58-46-25-31(19-21-35(33)46)41-27-49-52(55-50(41)37-14-8-11-17-44(37)61-55)40-24-23-39-51-48(62(4)29-63(49,6-2)57(40)56(39)62)28-42(54-53(51)38-15-9-12-18-45(38)60-54)32-20-22-36-34-13-7-10-16-43(34)59-47(36)26-32/h5,7-28H,1,6,29H2,2-4H3. The minimum Gasteiger partial charge on any atom is -0.461 e. The van der Waals surface area contributed by atoms with Crippen LogP contribution < -0.4 is 0 Å². The lowest BCUT2D eigenvalue weighted by atomic mass is 9.92. The third-order valence-electron chi connectivity index (χ3n) is 14.7. The zero-order chi connectivity index (χ0) is 41.7. The molecule has 7 heterocycles. The van der Waals surface area contributed by atoms with Gasteiger partial charge in [0.1, 0.15) is 44.8 Å². The highest BCUT2D eigenvalue weighted by Gasteiger charge is 2.56. The summed E-state index contributed by atoms with van der Waals surface area (Å²) in [5, 5.41) is 9.18. The first-order valence-corrected chi connectivity index (χ1v) is 25.8. The molecule has 0 saturated heterocycles. The number of hydrogen-bond donors (Lipinski definition) is 0. The van der Waals surface area contributed by atoms with Gasteiger partial charge in [-0.1, -0.05) is 98.4 Å². The summed E-state index contributed by atoms with van der Waals surface area (Å²) >= 11 is 0. The van der Waals surface area contributed by atoms with Crippen LogP contribution in [0.4, 0.5) is 0 Å². The molecule has 0 fully saturated rings. The van der Waals surface area contributed by atoms with Crippen LogP contribution in [0.1, 0.15) is 18.2 Å². The van der Waals surface area contributed by atoms with Gasteiger partial charge in [0.05, 0.1) is 0 Å². The Hall–Kier alpha value is -6.86. The highest BCUT2D eigenvalue weighted by atomic mass is 32.3. The Balaban J connectivity index is 1.01. The molecule has 4 aromatic heterocycles. The molecule has 3 aliphatic heterocycles. The van der Waals surface area contributed by atoms with E-state index in [1.165, 1.54) is 53.8 Å². The maximum Gasteiger partial charge on any atom is 0.144 e. The first kappa shape index (κ1) is 34.7. The summed E-state index contributed by atoms with van der Waals surface area (Å²) in [7, 11) is -3.00. The van der Waals surface area contributed by atoms with E-state index in [4.69, 9.17) is 17.7 Å². The Kier molecular flexibility index (Phi) is 6.38. The van der Waals surface area contributed by atoms with E-state index in [1.54, 1.807) is 9.79 Å². The minimum absolute atomic E-state index is 0.881. The van der Waals surface area contributed by atoms with Gasteiger partial charge in [0.25, 0.3) is 0 Å². The van der Waals surface area contributed by atoms with Crippen LogP contribution in [-0.4, -0.2) is 17.1 Å². The van der Waals surface area contributed by atoms with Crippen LogP contribution in [0.3, 0.4) is 0 Å². The molecular weight excluding hydrogens is 813 g/mol. The van der Waals surface area contributed by atoms with Gasteiger partial charge in [-0.15, -0.1) is 0 Å². The molecule has 2 atom stereocenters. The summed E-state index contributed by atoms with van der Waals surface area (Å²) in [6.45, 7) is 8.55. The molecule has 0 saturated carbocycles. The molecule has 15 rings (SSSR count). The maximum absolute atomic E-state index is 7.08. The Morgan fingerprint density at radius 2 is 1.11 bits per heavy atom. The van der Waals surface area contributed by atoms with E-state index >= 15 is 0 Å². The number of benzene rings is 8. The first-order valence-electron chi connectivity index (χ1n) is 21.7. The lowest BCUT2D eigenvalue weighted by molar-refractivity contribution is 0.577. The molecule has 4 nitrogen and oxygen atoms in total. The fourth-order valence-electron chi connectivity index (χ4n) is 12.0. The van der Waals surface area contributed by atoms with E-state index in [9.17, 15) is 0 Å². The molecule has 0 bridgehead atoms. The largest absolute Gasteiger partial charge is 0.461 e. The predicted molar refractivity (Wildman–Crippen MR) is 264 cm³/mol. The van der Waals surface area contributed by atoms with Crippen molar-refractivity contribution in [3.05, 3.63) is 151 Å². The number of rotatable bonds is 4. The zero-order valence-corrected chi connectivity index (χ0v) is 36.5. The first-order chi connectivity index (χ1) is 30.9. The van der Waals surface area contributed by atoms with Gasteiger partial charge >= 0.3 is 0 Å². The molecule has 0 amide bonds. The third-order valence-corrected chi connectivity index (χ3v) is 24.3. The molecule has 12 aromatic rings. The summed E-state index contributed by atoms with van der Waals surface area (Å²) < 4.78 is 26.9. The Bertz CT molecular complexity index is 4120. The topological polar surface area (TPSA) is 52.6 Å². The van der Waals surface area contributed by atoms with Crippen molar-refractivity contribution in [3.63, 3.8) is 0 Å². The van der Waals surface area contributed by atoms with Crippen molar-refractivity contribution >= 4 is 103 Å². The lowest BCUT2D eigenvalue weighted by Crippen LogP contribution is -2.06. The molecule has 2 unspecified atom stereocenters.